The van der Waals surface area contributed by atoms with Gasteiger partial charge in [-0.25, -0.2) is 14.6 Å². The van der Waals surface area contributed by atoms with Crippen LogP contribution in [0.15, 0.2) is 53.5 Å². The Morgan fingerprint density at radius 2 is 1.94 bits per heavy atom. The fourth-order valence-corrected chi connectivity index (χ4v) is 2.93. The normalized spacial score (nSPS) is 15.4. The van der Waals surface area contributed by atoms with Crippen LogP contribution in [0, 0.1) is 0 Å². The van der Waals surface area contributed by atoms with Crippen LogP contribution in [0.5, 0.6) is 11.5 Å². The van der Waals surface area contributed by atoms with Crippen LogP contribution in [-0.2, 0) is 22.6 Å². The lowest BCUT2D eigenvalue weighted by atomic mass is 10.1. The third-order valence-electron chi connectivity index (χ3n) is 4.45. The van der Waals surface area contributed by atoms with E-state index in [4.69, 9.17) is 25.7 Å². The van der Waals surface area contributed by atoms with Crippen molar-refractivity contribution < 1.29 is 28.9 Å². The molecule has 10 heteroatoms. The minimum Gasteiger partial charge on any atom is -0.486 e. The maximum absolute atomic E-state index is 12.0. The van der Waals surface area contributed by atoms with Gasteiger partial charge in [-0.3, -0.25) is 0 Å². The summed E-state index contributed by atoms with van der Waals surface area (Å²) in [5.41, 5.74) is 12.1. The van der Waals surface area contributed by atoms with Crippen molar-refractivity contribution in [3.63, 3.8) is 0 Å². The predicted octanol–water partition coefficient (Wildman–Crippen LogP) is 1.02. The molecule has 1 amide bonds. The molecule has 10 nitrogen and oxygen atoms in total. The number of ether oxygens (including phenoxy) is 3. The first-order valence-electron chi connectivity index (χ1n) is 9.58. The van der Waals surface area contributed by atoms with E-state index in [-0.39, 0.29) is 38.2 Å². The molecule has 0 fully saturated rings. The van der Waals surface area contributed by atoms with E-state index in [0.29, 0.717) is 17.1 Å². The predicted molar refractivity (Wildman–Crippen MR) is 112 cm³/mol. The maximum Gasteiger partial charge on any atom is 0.408 e. The van der Waals surface area contributed by atoms with E-state index in [1.807, 2.05) is 18.2 Å². The number of alkyl carbamates (subject to hydrolysis) is 1. The summed E-state index contributed by atoms with van der Waals surface area (Å²) in [5.74, 6) is -0.217. The van der Waals surface area contributed by atoms with Gasteiger partial charge in [-0.15, -0.1) is 0 Å². The lowest BCUT2D eigenvalue weighted by molar-refractivity contribution is -0.139. The number of amides is 1. The van der Waals surface area contributed by atoms with Gasteiger partial charge in [-0.1, -0.05) is 36.4 Å². The van der Waals surface area contributed by atoms with Gasteiger partial charge in [0.1, 0.15) is 19.3 Å². The molecule has 2 atom stereocenters. The Morgan fingerprint density at radius 3 is 2.65 bits per heavy atom. The van der Waals surface area contributed by atoms with Crippen LogP contribution < -0.4 is 26.3 Å². The molecule has 6 N–H and O–H groups in total. The molecule has 0 bridgehead atoms. The molecule has 1 aliphatic rings. The standard InChI is InChI=1S/C21H24N4O6/c22-20(23)24-10-15-12-29-18-9-14(6-7-17(18)31-15)8-16(19(26)27)25-21(28)30-11-13-4-2-1-3-5-13/h1-7,9,15-16H,8,10-12H2,(H,25,28)(H,26,27)(H4,22,23,24)/t15?,16-/m0/s1. The van der Waals surface area contributed by atoms with Crippen molar-refractivity contribution in [1.82, 2.24) is 5.32 Å². The lowest BCUT2D eigenvalue weighted by Crippen LogP contribution is -2.42. The summed E-state index contributed by atoms with van der Waals surface area (Å²) < 4.78 is 16.6. The first kappa shape index (κ1) is 21.8. The number of benzene rings is 2. The molecule has 0 radical (unpaired) electrons. The summed E-state index contributed by atoms with van der Waals surface area (Å²) >= 11 is 0. The molecule has 1 aliphatic heterocycles. The third-order valence-corrected chi connectivity index (χ3v) is 4.45. The number of aliphatic carboxylic acids is 1. The van der Waals surface area contributed by atoms with Gasteiger partial charge < -0.3 is 36.1 Å². The molecule has 0 saturated heterocycles. The van der Waals surface area contributed by atoms with Crippen LogP contribution in [0.25, 0.3) is 0 Å². The molecule has 0 aromatic heterocycles. The summed E-state index contributed by atoms with van der Waals surface area (Å²) in [5, 5.41) is 11.9. The molecule has 2 aromatic carbocycles. The molecule has 0 aliphatic carbocycles. The van der Waals surface area contributed by atoms with Crippen molar-refractivity contribution in [2.45, 2.75) is 25.2 Å². The van der Waals surface area contributed by atoms with Gasteiger partial charge >= 0.3 is 12.1 Å². The van der Waals surface area contributed by atoms with Crippen molar-refractivity contribution >= 4 is 18.0 Å². The number of nitrogens with zero attached hydrogens (tertiary/aromatic N) is 1. The number of nitrogens with two attached hydrogens (primary N) is 2. The van der Waals surface area contributed by atoms with Gasteiger partial charge in [-0.2, -0.15) is 0 Å². The quantitative estimate of drug-likeness (QED) is 0.358. The Morgan fingerprint density at radius 1 is 1.16 bits per heavy atom. The average Bonchev–Trinajstić information content (AvgIpc) is 2.76. The highest BCUT2D eigenvalue weighted by molar-refractivity contribution is 5.80. The van der Waals surface area contributed by atoms with Crippen LogP contribution in [0.2, 0.25) is 0 Å². The first-order chi connectivity index (χ1) is 14.9. The maximum atomic E-state index is 12.0. The highest BCUT2D eigenvalue weighted by Gasteiger charge is 2.24. The summed E-state index contributed by atoms with van der Waals surface area (Å²) in [6.07, 6.45) is -1.09. The average molecular weight is 428 g/mol. The topological polar surface area (TPSA) is 158 Å². The van der Waals surface area contributed by atoms with E-state index in [1.54, 1.807) is 30.3 Å². The Kier molecular flexibility index (Phi) is 7.15. The third kappa shape index (κ3) is 6.53. The van der Waals surface area contributed by atoms with E-state index in [1.165, 1.54) is 0 Å². The number of hydrogen-bond donors (Lipinski definition) is 4. The second-order valence-corrected chi connectivity index (χ2v) is 6.90. The van der Waals surface area contributed by atoms with Gasteiger partial charge in [0.15, 0.2) is 23.6 Å². The van der Waals surface area contributed by atoms with Gasteiger partial charge in [-0.05, 0) is 23.3 Å². The minimum absolute atomic E-state index is 0.0285. The van der Waals surface area contributed by atoms with E-state index in [2.05, 4.69) is 10.3 Å². The molecular weight excluding hydrogens is 404 g/mol. The number of guanidine groups is 1. The van der Waals surface area contributed by atoms with E-state index in [9.17, 15) is 14.7 Å². The first-order valence-corrected chi connectivity index (χ1v) is 9.58. The molecular formula is C21H24N4O6. The smallest absolute Gasteiger partial charge is 0.408 e. The van der Waals surface area contributed by atoms with Crippen LogP contribution in [-0.4, -0.2) is 48.4 Å². The fraction of sp³-hybridized carbons (Fsp3) is 0.286. The van der Waals surface area contributed by atoms with Crippen molar-refractivity contribution in [3.05, 3.63) is 59.7 Å². The zero-order chi connectivity index (χ0) is 22.2. The minimum atomic E-state index is -1.18. The van der Waals surface area contributed by atoms with Gasteiger partial charge in [0.2, 0.25) is 0 Å². The highest BCUT2D eigenvalue weighted by Crippen LogP contribution is 2.33. The van der Waals surface area contributed by atoms with Crippen LogP contribution in [0.4, 0.5) is 4.79 Å². The Balaban J connectivity index is 1.57. The number of aliphatic imine (C=N–C) groups is 1. The second kappa shape index (κ2) is 10.2. The zero-order valence-corrected chi connectivity index (χ0v) is 16.7. The molecule has 2 aromatic rings. The van der Waals surface area contributed by atoms with Gasteiger partial charge in [0.25, 0.3) is 0 Å². The van der Waals surface area contributed by atoms with Crippen molar-refractivity contribution in [3.8, 4) is 11.5 Å². The number of carboxylic acids is 1. The van der Waals surface area contributed by atoms with Crippen LogP contribution in [0.3, 0.4) is 0 Å². The SMILES string of the molecule is NC(N)=NCC1COc2cc(C[C@H](NC(=O)OCc3ccccc3)C(=O)O)ccc2O1. The van der Waals surface area contributed by atoms with Crippen molar-refractivity contribution in [2.24, 2.45) is 16.5 Å². The molecule has 1 heterocycles. The largest absolute Gasteiger partial charge is 0.486 e. The Bertz CT molecular complexity index is 946. The summed E-state index contributed by atoms with van der Waals surface area (Å²) in [6.45, 7) is 0.559. The fourth-order valence-electron chi connectivity index (χ4n) is 2.93. The number of fused-ring (bicyclic) bond motifs is 1. The van der Waals surface area contributed by atoms with Crippen LogP contribution >= 0.6 is 0 Å². The molecule has 0 saturated carbocycles. The van der Waals surface area contributed by atoms with E-state index in [0.717, 1.165) is 5.56 Å². The van der Waals surface area contributed by atoms with E-state index < -0.39 is 18.1 Å². The number of carbonyl (C=O) groups excluding carboxylic acids is 1. The zero-order valence-electron chi connectivity index (χ0n) is 16.7. The Labute approximate surface area is 178 Å². The number of nitrogens with one attached hydrogen (secondary N) is 1. The monoisotopic (exact) mass is 428 g/mol. The number of hydrogen-bond acceptors (Lipinski definition) is 6. The summed E-state index contributed by atoms with van der Waals surface area (Å²) in [4.78, 5) is 27.6. The van der Waals surface area contributed by atoms with Crippen LogP contribution in [0.1, 0.15) is 11.1 Å². The molecule has 1 unspecified atom stereocenters. The highest BCUT2D eigenvalue weighted by atomic mass is 16.6. The van der Waals surface area contributed by atoms with Gasteiger partial charge in [0, 0.05) is 6.42 Å². The van der Waals surface area contributed by atoms with Gasteiger partial charge in [0.05, 0.1) is 6.54 Å². The van der Waals surface area contributed by atoms with E-state index >= 15 is 0 Å². The molecule has 3 rings (SSSR count). The summed E-state index contributed by atoms with van der Waals surface area (Å²) in [7, 11) is 0. The lowest BCUT2D eigenvalue weighted by Gasteiger charge is -2.26. The second-order valence-electron chi connectivity index (χ2n) is 6.90. The molecule has 0 spiro atoms. The molecule has 31 heavy (non-hydrogen) atoms. The number of carbonyl (C=O) groups is 2. The van der Waals surface area contributed by atoms with Crippen molar-refractivity contribution in [2.75, 3.05) is 13.2 Å². The number of carboxylic acid groups (broad SMARTS) is 1. The number of rotatable bonds is 8. The molecule has 164 valence electrons. The Hall–Kier alpha value is -3.95. The summed E-state index contributed by atoms with van der Waals surface area (Å²) in [6, 6.07) is 13.0. The van der Waals surface area contributed by atoms with Crippen molar-refractivity contribution in [1.29, 1.82) is 0 Å².